The van der Waals surface area contributed by atoms with E-state index >= 15 is 0 Å². The normalized spacial score (nSPS) is 21.1. The number of carbonyl (C=O) groups is 4. The van der Waals surface area contributed by atoms with Gasteiger partial charge in [-0.2, -0.15) is 5.06 Å². The smallest absolute Gasteiger partial charge is 0.408 e. The van der Waals surface area contributed by atoms with Crippen LogP contribution in [0.25, 0.3) is 0 Å². The zero-order valence-corrected chi connectivity index (χ0v) is 33.0. The second kappa shape index (κ2) is 18.5. The Morgan fingerprint density at radius 3 is 2.23 bits per heavy atom. The molecular formula is C40H66N6O6. The summed E-state index contributed by atoms with van der Waals surface area (Å²) >= 11 is 0. The Bertz CT molecular complexity index is 1360. The van der Waals surface area contributed by atoms with Gasteiger partial charge in [0, 0.05) is 23.7 Å². The second-order valence-electron chi connectivity index (χ2n) is 17.3. The van der Waals surface area contributed by atoms with E-state index in [0.29, 0.717) is 64.5 Å². The quantitative estimate of drug-likeness (QED) is 0.156. The van der Waals surface area contributed by atoms with Gasteiger partial charge in [0.15, 0.2) is 0 Å². The fraction of sp³-hybridized carbons (Fsp3) is 0.700. The Morgan fingerprint density at radius 2 is 1.65 bits per heavy atom. The van der Waals surface area contributed by atoms with Crippen molar-refractivity contribution in [3.63, 3.8) is 0 Å². The van der Waals surface area contributed by atoms with Gasteiger partial charge in [-0.15, -0.1) is 0 Å². The molecule has 1 unspecified atom stereocenters. The first-order chi connectivity index (χ1) is 24.2. The summed E-state index contributed by atoms with van der Waals surface area (Å²) in [5.41, 5.74) is 5.05. The standard InChI is InChI=1S/C40H66N6O6/c1-27(2)23-30(43-37(50)52-38(3,4)5)20-19-29(24-28-15-11-10-12-16-28)36(49)45-22-14-18-33(45)35(48)44-32(17-13-21-41)34(47)42-31-25-39(6,7)46(51)40(8,9)26-31/h10-12,15-16,19-20,27,29-33,51H,13-14,17-18,21-26,41H2,1-9H3,(H,42,47)(H,43,50)(H,44,48)/b20-19+/t29?,30-,32+,33+/m1/s1. The van der Waals surface area contributed by atoms with E-state index < -0.39 is 40.8 Å². The van der Waals surface area contributed by atoms with Crippen molar-refractivity contribution >= 4 is 23.8 Å². The summed E-state index contributed by atoms with van der Waals surface area (Å²) in [6.07, 6.45) is 7.40. The minimum atomic E-state index is -0.817. The van der Waals surface area contributed by atoms with Crippen LogP contribution in [0.5, 0.6) is 0 Å². The zero-order valence-electron chi connectivity index (χ0n) is 33.0. The van der Waals surface area contributed by atoms with Crippen LogP contribution in [0.2, 0.25) is 0 Å². The number of nitrogens with two attached hydrogens (primary N) is 1. The molecule has 6 N–H and O–H groups in total. The number of rotatable bonds is 15. The highest BCUT2D eigenvalue weighted by molar-refractivity contribution is 5.93. The first-order valence-corrected chi connectivity index (χ1v) is 19.0. The molecule has 0 radical (unpaired) electrons. The average molecular weight is 727 g/mol. The zero-order chi connectivity index (χ0) is 38.9. The molecule has 0 aliphatic carbocycles. The number of amides is 4. The maximum Gasteiger partial charge on any atom is 0.408 e. The minimum absolute atomic E-state index is 0.179. The van der Waals surface area contributed by atoms with Crippen molar-refractivity contribution in [3.8, 4) is 0 Å². The molecule has 3 rings (SSSR count). The number of hydrogen-bond donors (Lipinski definition) is 5. The molecule has 0 saturated carbocycles. The van der Waals surface area contributed by atoms with Crippen LogP contribution in [0.15, 0.2) is 42.5 Å². The molecule has 0 bridgehead atoms. The lowest BCUT2D eigenvalue weighted by Gasteiger charge is -2.51. The number of nitrogens with one attached hydrogen (secondary N) is 3. The van der Waals surface area contributed by atoms with E-state index in [0.717, 1.165) is 5.56 Å². The first-order valence-electron chi connectivity index (χ1n) is 19.0. The van der Waals surface area contributed by atoms with Crippen molar-refractivity contribution < 1.29 is 29.1 Å². The Hall–Kier alpha value is -3.48. The maximum absolute atomic E-state index is 14.4. The molecule has 12 nitrogen and oxygen atoms in total. The molecule has 4 atom stereocenters. The molecule has 2 aliphatic heterocycles. The van der Waals surface area contributed by atoms with Crippen LogP contribution in [-0.2, 0) is 25.5 Å². The molecule has 52 heavy (non-hydrogen) atoms. The number of hydrogen-bond acceptors (Lipinski definition) is 8. The molecule has 2 saturated heterocycles. The first kappa shape index (κ1) is 42.9. The van der Waals surface area contributed by atoms with Gasteiger partial charge in [-0.1, -0.05) is 56.3 Å². The molecule has 0 aromatic heterocycles. The van der Waals surface area contributed by atoms with Gasteiger partial charge < -0.3 is 36.5 Å². The van der Waals surface area contributed by atoms with E-state index in [9.17, 15) is 24.4 Å². The van der Waals surface area contributed by atoms with Gasteiger partial charge in [0.05, 0.1) is 12.0 Å². The van der Waals surface area contributed by atoms with Crippen molar-refractivity contribution in [1.29, 1.82) is 0 Å². The van der Waals surface area contributed by atoms with Gasteiger partial charge in [-0.3, -0.25) is 14.4 Å². The average Bonchev–Trinajstić information content (AvgIpc) is 3.52. The SMILES string of the molecule is CC(C)C[C@@H](/C=C/C(Cc1ccccc1)C(=O)N1CCC[C@H]1C(=O)N[C@@H](CCCN)C(=O)NC1CC(C)(C)N(O)C(C)(C)C1)NC(=O)OC(C)(C)C. The van der Waals surface area contributed by atoms with Crippen LogP contribution in [0.1, 0.15) is 113 Å². The molecule has 0 spiro atoms. The molecule has 1 aromatic rings. The monoisotopic (exact) mass is 727 g/mol. The predicted molar refractivity (Wildman–Crippen MR) is 203 cm³/mol. The van der Waals surface area contributed by atoms with Crippen LogP contribution in [-0.4, -0.2) is 92.9 Å². The van der Waals surface area contributed by atoms with Crippen molar-refractivity contribution in [2.75, 3.05) is 13.1 Å². The maximum atomic E-state index is 14.4. The molecular weight excluding hydrogens is 660 g/mol. The third-order valence-electron chi connectivity index (χ3n) is 9.77. The van der Waals surface area contributed by atoms with Crippen molar-refractivity contribution in [2.45, 2.75) is 155 Å². The summed E-state index contributed by atoms with van der Waals surface area (Å²) in [5, 5.41) is 21.2. The highest BCUT2D eigenvalue weighted by Gasteiger charge is 2.46. The summed E-state index contributed by atoms with van der Waals surface area (Å²) in [6.45, 7) is 18.1. The molecule has 2 fully saturated rings. The topological polar surface area (TPSA) is 166 Å². The number of likely N-dealkylation sites (tertiary alicyclic amines) is 1. The third kappa shape index (κ3) is 12.9. The molecule has 2 aliphatic rings. The number of carbonyl (C=O) groups excluding carboxylic acids is 4. The van der Waals surface area contributed by atoms with Gasteiger partial charge in [-0.25, -0.2) is 4.79 Å². The Kier molecular flexibility index (Phi) is 15.3. The molecule has 292 valence electrons. The number of piperidine rings is 1. The molecule has 2 heterocycles. The number of nitrogens with zero attached hydrogens (tertiary/aromatic N) is 2. The number of alkyl carbamates (subject to hydrolysis) is 1. The lowest BCUT2D eigenvalue weighted by molar-refractivity contribution is -0.246. The lowest BCUT2D eigenvalue weighted by Crippen LogP contribution is -2.64. The molecule has 12 heteroatoms. The van der Waals surface area contributed by atoms with Crippen molar-refractivity contribution in [2.24, 2.45) is 17.6 Å². The number of benzene rings is 1. The summed E-state index contributed by atoms with van der Waals surface area (Å²) < 4.78 is 5.51. The Morgan fingerprint density at radius 1 is 1.02 bits per heavy atom. The summed E-state index contributed by atoms with van der Waals surface area (Å²) in [5.74, 6) is -1.16. The fourth-order valence-electron chi connectivity index (χ4n) is 7.58. The van der Waals surface area contributed by atoms with Crippen LogP contribution >= 0.6 is 0 Å². The van der Waals surface area contributed by atoms with E-state index in [1.54, 1.807) is 4.90 Å². The number of hydroxylamine groups is 2. The lowest BCUT2D eigenvalue weighted by atomic mass is 9.79. The summed E-state index contributed by atoms with van der Waals surface area (Å²) in [7, 11) is 0. The van der Waals surface area contributed by atoms with E-state index in [1.165, 1.54) is 5.06 Å². The van der Waals surface area contributed by atoms with E-state index in [2.05, 4.69) is 29.8 Å². The van der Waals surface area contributed by atoms with E-state index in [1.807, 2.05) is 91.0 Å². The second-order valence-corrected chi connectivity index (χ2v) is 17.3. The molecule has 1 aromatic carbocycles. The molecule has 4 amide bonds. The largest absolute Gasteiger partial charge is 0.444 e. The van der Waals surface area contributed by atoms with Crippen LogP contribution < -0.4 is 21.7 Å². The van der Waals surface area contributed by atoms with E-state index in [4.69, 9.17) is 10.5 Å². The predicted octanol–water partition coefficient (Wildman–Crippen LogP) is 5.08. The van der Waals surface area contributed by atoms with E-state index in [-0.39, 0.29) is 35.7 Å². The van der Waals surface area contributed by atoms with Crippen molar-refractivity contribution in [3.05, 3.63) is 48.0 Å². The van der Waals surface area contributed by atoms with Gasteiger partial charge in [-0.05, 0) is 118 Å². The van der Waals surface area contributed by atoms with Gasteiger partial charge >= 0.3 is 6.09 Å². The van der Waals surface area contributed by atoms with Gasteiger partial charge in [0.25, 0.3) is 0 Å². The fourth-order valence-corrected chi connectivity index (χ4v) is 7.58. The van der Waals surface area contributed by atoms with Gasteiger partial charge in [0.2, 0.25) is 17.7 Å². The third-order valence-corrected chi connectivity index (χ3v) is 9.77. The highest BCUT2D eigenvalue weighted by atomic mass is 16.6. The van der Waals surface area contributed by atoms with Crippen LogP contribution in [0.3, 0.4) is 0 Å². The summed E-state index contributed by atoms with van der Waals surface area (Å²) in [6, 6.07) is 7.63. The Balaban J connectivity index is 1.81. The number of ether oxygens (including phenoxy) is 1. The van der Waals surface area contributed by atoms with Crippen LogP contribution in [0, 0.1) is 11.8 Å². The van der Waals surface area contributed by atoms with Gasteiger partial charge in [0.1, 0.15) is 17.7 Å². The van der Waals surface area contributed by atoms with Crippen LogP contribution in [0.4, 0.5) is 4.79 Å². The summed E-state index contributed by atoms with van der Waals surface area (Å²) in [4.78, 5) is 56.4. The highest BCUT2D eigenvalue weighted by Crippen LogP contribution is 2.36. The van der Waals surface area contributed by atoms with Crippen molar-refractivity contribution in [1.82, 2.24) is 25.9 Å². The Labute approximate surface area is 311 Å². The minimum Gasteiger partial charge on any atom is -0.444 e.